The van der Waals surface area contributed by atoms with Gasteiger partial charge in [0.1, 0.15) is 5.75 Å². The maximum atomic E-state index is 12.6. The number of hydrogen-bond donors (Lipinski definition) is 2. The van der Waals surface area contributed by atoms with Gasteiger partial charge in [0.2, 0.25) is 6.10 Å². The van der Waals surface area contributed by atoms with Crippen LogP contribution in [0.15, 0.2) is 60.7 Å². The molecular weight excluding hydrogens is 290 g/mol. The molecule has 0 aliphatic heterocycles. The summed E-state index contributed by atoms with van der Waals surface area (Å²) >= 11 is 0. The second-order valence-electron chi connectivity index (χ2n) is 5.58. The van der Waals surface area contributed by atoms with Gasteiger partial charge < -0.3 is 15.2 Å². The normalized spacial score (nSPS) is 13.1. The van der Waals surface area contributed by atoms with Crippen LogP contribution in [0.2, 0.25) is 0 Å². The number of carbonyl (C=O) groups is 1. The number of aliphatic hydroxyl groups excluding tert-OH is 1. The van der Waals surface area contributed by atoms with Crippen LogP contribution in [0, 0.1) is 5.92 Å². The Labute approximate surface area is 137 Å². The molecule has 2 N–H and O–H groups in total. The first kappa shape index (κ1) is 17.0. The summed E-state index contributed by atoms with van der Waals surface area (Å²) < 4.78 is 5.89. The molecule has 1 amide bonds. The third-order valence-electron chi connectivity index (χ3n) is 3.58. The zero-order valence-corrected chi connectivity index (χ0v) is 13.3. The molecule has 2 unspecified atom stereocenters. The van der Waals surface area contributed by atoms with Gasteiger partial charge in [0.25, 0.3) is 5.91 Å². The highest BCUT2D eigenvalue weighted by molar-refractivity contribution is 5.82. The molecule has 23 heavy (non-hydrogen) atoms. The van der Waals surface area contributed by atoms with Crippen molar-refractivity contribution in [2.75, 3.05) is 13.2 Å². The molecule has 0 radical (unpaired) electrons. The Balaban J connectivity index is 2.08. The average molecular weight is 313 g/mol. The Morgan fingerprint density at radius 3 is 2.30 bits per heavy atom. The van der Waals surface area contributed by atoms with Crippen LogP contribution < -0.4 is 10.1 Å². The summed E-state index contributed by atoms with van der Waals surface area (Å²) in [6.45, 7) is 2.63. The number of carbonyl (C=O) groups excluding carboxylic acids is 1. The van der Waals surface area contributed by atoms with Crippen molar-refractivity contribution in [3.8, 4) is 5.75 Å². The smallest absolute Gasteiger partial charge is 0.265 e. The van der Waals surface area contributed by atoms with E-state index < -0.39 is 6.10 Å². The van der Waals surface area contributed by atoms with Crippen LogP contribution in [0.1, 0.15) is 25.0 Å². The molecule has 2 aromatic rings. The van der Waals surface area contributed by atoms with Crippen molar-refractivity contribution >= 4 is 5.91 Å². The molecule has 2 atom stereocenters. The number of benzene rings is 2. The van der Waals surface area contributed by atoms with Gasteiger partial charge in [-0.15, -0.1) is 0 Å². The highest BCUT2D eigenvalue weighted by atomic mass is 16.5. The van der Waals surface area contributed by atoms with E-state index in [1.54, 1.807) is 0 Å². The first-order valence-electron chi connectivity index (χ1n) is 7.86. The minimum Gasteiger partial charge on any atom is -0.476 e. The lowest BCUT2D eigenvalue weighted by Gasteiger charge is -2.20. The fourth-order valence-electron chi connectivity index (χ4n) is 2.23. The van der Waals surface area contributed by atoms with Crippen LogP contribution in [0.5, 0.6) is 5.75 Å². The summed E-state index contributed by atoms with van der Waals surface area (Å²) in [5.74, 6) is 0.696. The zero-order chi connectivity index (χ0) is 16.5. The maximum absolute atomic E-state index is 12.6. The molecule has 0 aliphatic rings. The lowest BCUT2D eigenvalue weighted by atomic mass is 10.1. The van der Waals surface area contributed by atoms with Gasteiger partial charge in [-0.1, -0.05) is 55.5 Å². The Kier molecular flexibility index (Phi) is 6.63. The second kappa shape index (κ2) is 8.96. The van der Waals surface area contributed by atoms with E-state index in [0.29, 0.717) is 18.7 Å². The van der Waals surface area contributed by atoms with Gasteiger partial charge in [0, 0.05) is 18.7 Å². The van der Waals surface area contributed by atoms with Crippen LogP contribution in [0.4, 0.5) is 0 Å². The lowest BCUT2D eigenvalue weighted by molar-refractivity contribution is -0.128. The molecule has 4 nitrogen and oxygen atoms in total. The minimum atomic E-state index is -0.695. The van der Waals surface area contributed by atoms with Gasteiger partial charge in [0.05, 0.1) is 0 Å². The number of ether oxygens (including phenoxy) is 1. The third kappa shape index (κ3) is 5.42. The van der Waals surface area contributed by atoms with Gasteiger partial charge in [-0.25, -0.2) is 0 Å². The van der Waals surface area contributed by atoms with Crippen molar-refractivity contribution < 1.29 is 14.6 Å². The Morgan fingerprint density at radius 1 is 1.09 bits per heavy atom. The molecule has 0 saturated heterocycles. The summed E-state index contributed by atoms with van der Waals surface area (Å²) in [4.78, 5) is 12.6. The zero-order valence-electron chi connectivity index (χ0n) is 13.3. The topological polar surface area (TPSA) is 58.6 Å². The van der Waals surface area contributed by atoms with Gasteiger partial charge in [-0.05, 0) is 24.5 Å². The average Bonchev–Trinajstić information content (AvgIpc) is 2.59. The van der Waals surface area contributed by atoms with Crippen LogP contribution in [0.3, 0.4) is 0 Å². The molecule has 0 aliphatic carbocycles. The fourth-order valence-corrected chi connectivity index (χ4v) is 2.23. The monoisotopic (exact) mass is 313 g/mol. The van der Waals surface area contributed by atoms with E-state index in [1.165, 1.54) is 0 Å². The highest BCUT2D eigenvalue weighted by Gasteiger charge is 2.22. The molecule has 0 aromatic heterocycles. The molecule has 0 heterocycles. The van der Waals surface area contributed by atoms with Crippen molar-refractivity contribution in [2.45, 2.75) is 19.4 Å². The van der Waals surface area contributed by atoms with E-state index in [1.807, 2.05) is 67.6 Å². The molecule has 0 bridgehead atoms. The van der Waals surface area contributed by atoms with E-state index in [0.717, 1.165) is 5.56 Å². The Bertz CT molecular complexity index is 586. The summed E-state index contributed by atoms with van der Waals surface area (Å²) in [5.41, 5.74) is 0.809. The second-order valence-corrected chi connectivity index (χ2v) is 5.58. The van der Waals surface area contributed by atoms with Gasteiger partial charge >= 0.3 is 0 Å². The first-order chi connectivity index (χ1) is 11.2. The number of rotatable bonds is 8. The summed E-state index contributed by atoms with van der Waals surface area (Å²) in [7, 11) is 0. The predicted octanol–water partition coefficient (Wildman–Crippen LogP) is 2.94. The lowest BCUT2D eigenvalue weighted by Crippen LogP contribution is -2.35. The number of amides is 1. The minimum absolute atomic E-state index is 0.125. The van der Waals surface area contributed by atoms with E-state index in [4.69, 9.17) is 9.84 Å². The quantitative estimate of drug-likeness (QED) is 0.788. The molecule has 2 rings (SSSR count). The molecule has 0 spiro atoms. The Hall–Kier alpha value is -2.33. The largest absolute Gasteiger partial charge is 0.476 e. The maximum Gasteiger partial charge on any atom is 0.265 e. The van der Waals surface area contributed by atoms with E-state index in [9.17, 15) is 4.79 Å². The number of nitrogens with one attached hydrogen (secondary N) is 1. The fraction of sp³-hybridized carbons (Fsp3) is 0.316. The number of hydrogen-bond acceptors (Lipinski definition) is 3. The van der Waals surface area contributed by atoms with Crippen molar-refractivity contribution in [3.63, 3.8) is 0 Å². The molecular formula is C19H23NO3. The molecule has 0 saturated carbocycles. The van der Waals surface area contributed by atoms with Crippen molar-refractivity contribution in [2.24, 2.45) is 5.92 Å². The molecule has 0 fully saturated rings. The van der Waals surface area contributed by atoms with E-state index in [-0.39, 0.29) is 18.4 Å². The van der Waals surface area contributed by atoms with Crippen LogP contribution in [0.25, 0.3) is 0 Å². The molecule has 2 aromatic carbocycles. The van der Waals surface area contributed by atoms with Gasteiger partial charge in [-0.3, -0.25) is 4.79 Å². The third-order valence-corrected chi connectivity index (χ3v) is 3.58. The SMILES string of the molecule is CC(CCO)CNC(=O)C(Oc1ccccc1)c1ccccc1. The van der Waals surface area contributed by atoms with Gasteiger partial charge in [0.15, 0.2) is 0 Å². The summed E-state index contributed by atoms with van der Waals surface area (Å²) in [6.07, 6.45) is -0.0320. The van der Waals surface area contributed by atoms with Crippen molar-refractivity contribution in [1.29, 1.82) is 0 Å². The van der Waals surface area contributed by atoms with Crippen LogP contribution in [-0.4, -0.2) is 24.2 Å². The molecule has 4 heteroatoms. The number of aliphatic hydroxyl groups is 1. The van der Waals surface area contributed by atoms with Crippen LogP contribution >= 0.6 is 0 Å². The highest BCUT2D eigenvalue weighted by Crippen LogP contribution is 2.22. The van der Waals surface area contributed by atoms with E-state index >= 15 is 0 Å². The summed E-state index contributed by atoms with van der Waals surface area (Å²) in [5, 5.41) is 11.9. The Morgan fingerprint density at radius 2 is 1.70 bits per heavy atom. The van der Waals surface area contributed by atoms with Crippen molar-refractivity contribution in [1.82, 2.24) is 5.32 Å². The predicted molar refractivity (Wildman–Crippen MR) is 90.1 cm³/mol. The van der Waals surface area contributed by atoms with Crippen molar-refractivity contribution in [3.05, 3.63) is 66.2 Å². The van der Waals surface area contributed by atoms with Crippen LogP contribution in [-0.2, 0) is 4.79 Å². The van der Waals surface area contributed by atoms with E-state index in [2.05, 4.69) is 5.32 Å². The first-order valence-corrected chi connectivity index (χ1v) is 7.86. The standard InChI is InChI=1S/C19H23NO3/c1-15(12-13-21)14-20-19(22)18(16-8-4-2-5-9-16)23-17-10-6-3-7-11-17/h2-11,15,18,21H,12-14H2,1H3,(H,20,22). The van der Waals surface area contributed by atoms with Gasteiger partial charge in [-0.2, -0.15) is 0 Å². The summed E-state index contributed by atoms with van der Waals surface area (Å²) in [6, 6.07) is 18.8. The number of para-hydroxylation sites is 1. The molecule has 122 valence electrons.